The van der Waals surface area contributed by atoms with Gasteiger partial charge in [0.25, 0.3) is 5.91 Å². The normalized spacial score (nSPS) is 15.4. The first kappa shape index (κ1) is 15.1. The highest BCUT2D eigenvalue weighted by molar-refractivity contribution is 5.94. The van der Waals surface area contributed by atoms with Crippen LogP contribution in [-0.2, 0) is 4.79 Å². The third kappa shape index (κ3) is 3.36. The Labute approximate surface area is 134 Å². The maximum Gasteiger partial charge on any atom is 0.255 e. The van der Waals surface area contributed by atoms with Crippen LogP contribution in [0.25, 0.3) is 11.4 Å². The zero-order valence-electron chi connectivity index (χ0n) is 12.7. The molecule has 2 amide bonds. The van der Waals surface area contributed by atoms with Crippen molar-refractivity contribution in [1.29, 1.82) is 0 Å². The number of likely N-dealkylation sites (tertiary alicyclic amines) is 1. The first-order chi connectivity index (χ1) is 11.1. The van der Waals surface area contributed by atoms with Gasteiger partial charge in [0.1, 0.15) is 0 Å². The molecule has 118 valence electrons. The summed E-state index contributed by atoms with van der Waals surface area (Å²) in [5.74, 6) is -0.463. The monoisotopic (exact) mass is 310 g/mol. The van der Waals surface area contributed by atoms with E-state index in [0.717, 1.165) is 11.4 Å². The Morgan fingerprint density at radius 1 is 1.04 bits per heavy atom. The molecule has 0 spiro atoms. The van der Waals surface area contributed by atoms with Crippen molar-refractivity contribution in [1.82, 2.24) is 14.9 Å². The molecule has 6 nitrogen and oxygen atoms in total. The fourth-order valence-corrected chi connectivity index (χ4v) is 2.74. The van der Waals surface area contributed by atoms with Gasteiger partial charge in [-0.2, -0.15) is 0 Å². The molecule has 3 heterocycles. The molecule has 0 atom stereocenters. The van der Waals surface area contributed by atoms with Crippen LogP contribution in [0.4, 0.5) is 0 Å². The Kier molecular flexibility index (Phi) is 4.32. The van der Waals surface area contributed by atoms with Crippen molar-refractivity contribution >= 4 is 11.8 Å². The molecule has 1 saturated heterocycles. The number of hydrogen-bond donors (Lipinski definition) is 1. The van der Waals surface area contributed by atoms with Gasteiger partial charge >= 0.3 is 0 Å². The molecule has 1 aliphatic heterocycles. The fraction of sp³-hybridized carbons (Fsp3) is 0.294. The van der Waals surface area contributed by atoms with Gasteiger partial charge in [0.05, 0.1) is 17.0 Å². The highest BCUT2D eigenvalue weighted by atomic mass is 16.2. The van der Waals surface area contributed by atoms with Gasteiger partial charge in [-0.25, -0.2) is 0 Å². The molecular weight excluding hydrogens is 292 g/mol. The van der Waals surface area contributed by atoms with Crippen LogP contribution in [0.2, 0.25) is 0 Å². The average Bonchev–Trinajstić information content (AvgIpc) is 2.62. The predicted octanol–water partition coefficient (Wildman–Crippen LogP) is 1.48. The van der Waals surface area contributed by atoms with Gasteiger partial charge in [0.15, 0.2) is 0 Å². The van der Waals surface area contributed by atoms with E-state index >= 15 is 0 Å². The minimum Gasteiger partial charge on any atom is -0.369 e. The molecular formula is C17H18N4O2. The lowest BCUT2D eigenvalue weighted by Crippen LogP contribution is -2.41. The number of piperidine rings is 1. The number of rotatable bonds is 3. The first-order valence-corrected chi connectivity index (χ1v) is 7.61. The van der Waals surface area contributed by atoms with E-state index in [-0.39, 0.29) is 17.7 Å². The summed E-state index contributed by atoms with van der Waals surface area (Å²) in [5, 5.41) is 0. The van der Waals surface area contributed by atoms with Crippen molar-refractivity contribution in [2.45, 2.75) is 12.8 Å². The summed E-state index contributed by atoms with van der Waals surface area (Å²) < 4.78 is 0. The molecule has 0 bridgehead atoms. The molecule has 1 aliphatic rings. The molecule has 3 rings (SSSR count). The number of nitrogens with two attached hydrogens (primary N) is 1. The second kappa shape index (κ2) is 6.56. The quantitative estimate of drug-likeness (QED) is 0.930. The summed E-state index contributed by atoms with van der Waals surface area (Å²) in [6, 6.07) is 9.17. The van der Waals surface area contributed by atoms with E-state index in [9.17, 15) is 9.59 Å². The molecule has 0 saturated carbocycles. The van der Waals surface area contributed by atoms with Gasteiger partial charge in [-0.3, -0.25) is 19.6 Å². The number of pyridine rings is 2. The summed E-state index contributed by atoms with van der Waals surface area (Å²) >= 11 is 0. The van der Waals surface area contributed by atoms with Crippen LogP contribution >= 0.6 is 0 Å². The largest absolute Gasteiger partial charge is 0.369 e. The van der Waals surface area contributed by atoms with Crippen LogP contribution in [-0.4, -0.2) is 39.8 Å². The zero-order chi connectivity index (χ0) is 16.2. The second-order valence-corrected chi connectivity index (χ2v) is 5.62. The third-order valence-electron chi connectivity index (χ3n) is 4.12. The summed E-state index contributed by atoms with van der Waals surface area (Å²) in [6.07, 6.45) is 4.53. The van der Waals surface area contributed by atoms with Gasteiger partial charge in [-0.15, -0.1) is 0 Å². The van der Waals surface area contributed by atoms with Gasteiger partial charge in [0.2, 0.25) is 5.91 Å². The van der Waals surface area contributed by atoms with Crippen LogP contribution < -0.4 is 5.73 Å². The van der Waals surface area contributed by atoms with Gasteiger partial charge < -0.3 is 10.6 Å². The van der Waals surface area contributed by atoms with E-state index < -0.39 is 0 Å². The topological polar surface area (TPSA) is 89.2 Å². The van der Waals surface area contributed by atoms with Gasteiger partial charge in [-0.1, -0.05) is 6.07 Å². The minimum absolute atomic E-state index is 0.0620. The fourth-order valence-electron chi connectivity index (χ4n) is 2.74. The number of nitrogens with zero attached hydrogens (tertiary/aromatic N) is 3. The van der Waals surface area contributed by atoms with Gasteiger partial charge in [-0.05, 0) is 37.1 Å². The number of primary amides is 1. The summed E-state index contributed by atoms with van der Waals surface area (Å²) in [5.41, 5.74) is 7.36. The standard InChI is InChI=1S/C17H18N4O2/c18-16(22)12-6-9-21(10-7-12)17(23)13-4-5-15(20-11-13)14-3-1-2-8-19-14/h1-5,8,11-12H,6-7,9-10H2,(H2,18,22). The SMILES string of the molecule is NC(=O)C1CCN(C(=O)c2ccc(-c3ccccn3)nc2)CC1. The Balaban J connectivity index is 1.68. The molecule has 2 aromatic heterocycles. The summed E-state index contributed by atoms with van der Waals surface area (Å²) in [6.45, 7) is 1.10. The molecule has 23 heavy (non-hydrogen) atoms. The number of carbonyl (C=O) groups excluding carboxylic acids is 2. The van der Waals surface area contributed by atoms with Crippen molar-refractivity contribution in [3.8, 4) is 11.4 Å². The number of carbonyl (C=O) groups is 2. The maximum absolute atomic E-state index is 12.5. The average molecular weight is 310 g/mol. The Morgan fingerprint density at radius 2 is 1.78 bits per heavy atom. The van der Waals surface area contributed by atoms with E-state index in [2.05, 4.69) is 9.97 Å². The molecule has 6 heteroatoms. The Morgan fingerprint density at radius 3 is 2.35 bits per heavy atom. The molecule has 0 aromatic carbocycles. The number of amides is 2. The molecule has 0 unspecified atom stereocenters. The lowest BCUT2D eigenvalue weighted by atomic mass is 9.96. The predicted molar refractivity (Wildman–Crippen MR) is 85.3 cm³/mol. The van der Waals surface area contributed by atoms with Crippen LogP contribution in [0.3, 0.4) is 0 Å². The van der Waals surface area contributed by atoms with Crippen LogP contribution in [0.1, 0.15) is 23.2 Å². The van der Waals surface area contributed by atoms with E-state index in [1.54, 1.807) is 29.4 Å². The molecule has 2 aromatic rings. The van der Waals surface area contributed by atoms with Crippen molar-refractivity contribution in [2.75, 3.05) is 13.1 Å². The van der Waals surface area contributed by atoms with Crippen LogP contribution in [0, 0.1) is 5.92 Å². The highest BCUT2D eigenvalue weighted by Gasteiger charge is 2.26. The van der Waals surface area contributed by atoms with E-state index in [0.29, 0.717) is 31.5 Å². The van der Waals surface area contributed by atoms with Crippen LogP contribution in [0.15, 0.2) is 42.7 Å². The molecule has 2 N–H and O–H groups in total. The smallest absolute Gasteiger partial charge is 0.255 e. The van der Waals surface area contributed by atoms with E-state index in [1.165, 1.54) is 0 Å². The third-order valence-corrected chi connectivity index (χ3v) is 4.12. The van der Waals surface area contributed by atoms with Crippen molar-refractivity contribution in [3.63, 3.8) is 0 Å². The summed E-state index contributed by atoms with van der Waals surface area (Å²) in [4.78, 5) is 34.0. The maximum atomic E-state index is 12.5. The summed E-state index contributed by atoms with van der Waals surface area (Å²) in [7, 11) is 0. The van der Waals surface area contributed by atoms with E-state index in [1.807, 2.05) is 18.2 Å². The Bertz CT molecular complexity index is 692. The van der Waals surface area contributed by atoms with Crippen molar-refractivity contribution in [2.24, 2.45) is 11.7 Å². The van der Waals surface area contributed by atoms with E-state index in [4.69, 9.17) is 5.73 Å². The first-order valence-electron chi connectivity index (χ1n) is 7.61. The minimum atomic E-state index is -0.279. The van der Waals surface area contributed by atoms with Crippen molar-refractivity contribution < 1.29 is 9.59 Å². The molecule has 0 aliphatic carbocycles. The molecule has 0 radical (unpaired) electrons. The number of hydrogen-bond acceptors (Lipinski definition) is 4. The Hall–Kier alpha value is -2.76. The van der Waals surface area contributed by atoms with Crippen molar-refractivity contribution in [3.05, 3.63) is 48.3 Å². The van der Waals surface area contributed by atoms with Gasteiger partial charge in [0, 0.05) is 31.4 Å². The lowest BCUT2D eigenvalue weighted by Gasteiger charge is -2.30. The number of aromatic nitrogens is 2. The lowest BCUT2D eigenvalue weighted by molar-refractivity contribution is -0.123. The second-order valence-electron chi connectivity index (χ2n) is 5.62. The van der Waals surface area contributed by atoms with Crippen LogP contribution in [0.5, 0.6) is 0 Å². The zero-order valence-corrected chi connectivity index (χ0v) is 12.7. The highest BCUT2D eigenvalue weighted by Crippen LogP contribution is 2.19. The molecule has 1 fully saturated rings.